The van der Waals surface area contributed by atoms with Crippen molar-refractivity contribution in [2.45, 2.75) is 26.2 Å². The Balaban J connectivity index is 1.53. The number of hydrogen-bond acceptors (Lipinski definition) is 5. The third-order valence-corrected chi connectivity index (χ3v) is 5.57. The van der Waals surface area contributed by atoms with Crippen LogP contribution in [0.5, 0.6) is 5.75 Å². The van der Waals surface area contributed by atoms with Gasteiger partial charge in [-0.2, -0.15) is 0 Å². The van der Waals surface area contributed by atoms with Gasteiger partial charge in [-0.25, -0.2) is 0 Å². The van der Waals surface area contributed by atoms with Gasteiger partial charge in [-0.3, -0.25) is 19.3 Å². The highest BCUT2D eigenvalue weighted by atomic mass is 16.5. The van der Waals surface area contributed by atoms with Gasteiger partial charge >= 0.3 is 0 Å². The van der Waals surface area contributed by atoms with E-state index in [-0.39, 0.29) is 24.0 Å². The van der Waals surface area contributed by atoms with Crippen LogP contribution in [-0.2, 0) is 16.0 Å². The van der Waals surface area contributed by atoms with Crippen LogP contribution in [0.25, 0.3) is 0 Å². The lowest BCUT2D eigenvalue weighted by molar-refractivity contribution is -0.134. The van der Waals surface area contributed by atoms with E-state index in [0.29, 0.717) is 44.0 Å². The number of methoxy groups -OCH3 is 1. The first-order chi connectivity index (χ1) is 13.5. The van der Waals surface area contributed by atoms with E-state index in [2.05, 4.69) is 4.90 Å². The SMILES string of the molecule is COc1ccc(C(C)=O)cc1CC(=O)N1CCN(CC(=O)N2CCCC2)CC1. The molecule has 1 aromatic carbocycles. The predicted octanol–water partition coefficient (Wildman–Crippen LogP) is 1.21. The molecule has 0 atom stereocenters. The highest BCUT2D eigenvalue weighted by molar-refractivity contribution is 5.94. The quantitative estimate of drug-likeness (QED) is 0.686. The summed E-state index contributed by atoms with van der Waals surface area (Å²) < 4.78 is 5.35. The fourth-order valence-corrected chi connectivity index (χ4v) is 3.82. The molecule has 0 bridgehead atoms. The normalized spacial score (nSPS) is 17.6. The number of likely N-dealkylation sites (tertiary alicyclic amines) is 1. The maximum absolute atomic E-state index is 12.7. The summed E-state index contributed by atoms with van der Waals surface area (Å²) in [6, 6.07) is 5.19. The molecular weight excluding hydrogens is 358 g/mol. The number of ether oxygens (including phenoxy) is 1. The van der Waals surface area contributed by atoms with Crippen LogP contribution >= 0.6 is 0 Å². The Morgan fingerprint density at radius 2 is 1.57 bits per heavy atom. The molecule has 0 radical (unpaired) electrons. The monoisotopic (exact) mass is 387 g/mol. The van der Waals surface area contributed by atoms with E-state index in [1.165, 1.54) is 6.92 Å². The highest BCUT2D eigenvalue weighted by Gasteiger charge is 2.25. The molecule has 0 saturated carbocycles. The Bertz CT molecular complexity index is 735. The second kappa shape index (κ2) is 9.19. The summed E-state index contributed by atoms with van der Waals surface area (Å²) in [5.74, 6) is 0.799. The molecule has 0 unspecified atom stereocenters. The molecular formula is C21H29N3O4. The Morgan fingerprint density at radius 3 is 2.18 bits per heavy atom. The largest absolute Gasteiger partial charge is 0.496 e. The van der Waals surface area contributed by atoms with Gasteiger partial charge in [0.25, 0.3) is 0 Å². The first-order valence-electron chi connectivity index (χ1n) is 9.93. The molecule has 28 heavy (non-hydrogen) atoms. The van der Waals surface area contributed by atoms with E-state index in [0.717, 1.165) is 31.5 Å². The number of benzene rings is 1. The molecule has 2 aliphatic rings. The molecule has 7 heteroatoms. The Morgan fingerprint density at radius 1 is 0.929 bits per heavy atom. The zero-order valence-electron chi connectivity index (χ0n) is 16.8. The van der Waals surface area contributed by atoms with Crippen LogP contribution in [0.15, 0.2) is 18.2 Å². The maximum Gasteiger partial charge on any atom is 0.236 e. The van der Waals surface area contributed by atoms with E-state index < -0.39 is 0 Å². The number of piperazine rings is 1. The van der Waals surface area contributed by atoms with Gasteiger partial charge in [-0.05, 0) is 38.0 Å². The van der Waals surface area contributed by atoms with Gasteiger partial charge in [0.2, 0.25) is 11.8 Å². The van der Waals surface area contributed by atoms with Crippen LogP contribution in [0.3, 0.4) is 0 Å². The molecule has 2 fully saturated rings. The second-order valence-corrected chi connectivity index (χ2v) is 7.50. The average Bonchev–Trinajstić information content (AvgIpc) is 3.23. The topological polar surface area (TPSA) is 70.2 Å². The van der Waals surface area contributed by atoms with Crippen LogP contribution in [0, 0.1) is 0 Å². The highest BCUT2D eigenvalue weighted by Crippen LogP contribution is 2.22. The third-order valence-electron chi connectivity index (χ3n) is 5.57. The number of ketones is 1. The van der Waals surface area contributed by atoms with Crippen LogP contribution in [0.2, 0.25) is 0 Å². The standard InChI is InChI=1S/C21H29N3O4/c1-16(25)17-5-6-19(28-2)18(13-17)14-20(26)24-11-9-22(10-12-24)15-21(27)23-7-3-4-8-23/h5-6,13H,3-4,7-12,14-15H2,1-2H3. The molecule has 0 aromatic heterocycles. The number of nitrogens with zero attached hydrogens (tertiary/aromatic N) is 3. The summed E-state index contributed by atoms with van der Waals surface area (Å²) >= 11 is 0. The molecule has 0 aliphatic carbocycles. The van der Waals surface area contributed by atoms with Gasteiger partial charge in [0.15, 0.2) is 5.78 Å². The predicted molar refractivity (Wildman–Crippen MR) is 106 cm³/mol. The zero-order valence-corrected chi connectivity index (χ0v) is 16.8. The number of amides is 2. The minimum Gasteiger partial charge on any atom is -0.496 e. The minimum absolute atomic E-state index is 0.0181. The Kier molecular flexibility index (Phi) is 6.67. The molecule has 2 aliphatic heterocycles. The lowest BCUT2D eigenvalue weighted by Gasteiger charge is -2.35. The van der Waals surface area contributed by atoms with E-state index in [4.69, 9.17) is 4.74 Å². The molecule has 0 spiro atoms. The number of carbonyl (C=O) groups excluding carboxylic acids is 3. The zero-order chi connectivity index (χ0) is 20.1. The fourth-order valence-electron chi connectivity index (χ4n) is 3.82. The van der Waals surface area contributed by atoms with Crippen molar-refractivity contribution in [3.63, 3.8) is 0 Å². The summed E-state index contributed by atoms with van der Waals surface area (Å²) in [5.41, 5.74) is 1.31. The smallest absolute Gasteiger partial charge is 0.236 e. The summed E-state index contributed by atoms with van der Waals surface area (Å²) in [7, 11) is 1.56. The molecule has 2 heterocycles. The summed E-state index contributed by atoms with van der Waals surface area (Å²) in [6.45, 7) is 6.33. The maximum atomic E-state index is 12.7. The van der Waals surface area contributed by atoms with Gasteiger partial charge in [0, 0.05) is 50.4 Å². The number of hydrogen-bond donors (Lipinski definition) is 0. The van der Waals surface area contributed by atoms with Crippen molar-refractivity contribution in [2.24, 2.45) is 0 Å². The summed E-state index contributed by atoms with van der Waals surface area (Å²) in [4.78, 5) is 42.6. The molecule has 7 nitrogen and oxygen atoms in total. The van der Waals surface area contributed by atoms with Crippen molar-refractivity contribution in [3.8, 4) is 5.75 Å². The van der Waals surface area contributed by atoms with Crippen LogP contribution in [-0.4, -0.2) is 85.2 Å². The van der Waals surface area contributed by atoms with E-state index >= 15 is 0 Å². The fraction of sp³-hybridized carbons (Fsp3) is 0.571. The Hall–Kier alpha value is -2.41. The molecule has 2 saturated heterocycles. The van der Waals surface area contributed by atoms with Crippen molar-refractivity contribution in [3.05, 3.63) is 29.3 Å². The lowest BCUT2D eigenvalue weighted by atomic mass is 10.0. The van der Waals surface area contributed by atoms with Crippen molar-refractivity contribution in [2.75, 3.05) is 52.9 Å². The number of carbonyl (C=O) groups is 3. The molecule has 0 N–H and O–H groups in total. The van der Waals surface area contributed by atoms with E-state index in [1.54, 1.807) is 25.3 Å². The van der Waals surface area contributed by atoms with Gasteiger partial charge in [-0.15, -0.1) is 0 Å². The van der Waals surface area contributed by atoms with Crippen LogP contribution in [0.4, 0.5) is 0 Å². The summed E-state index contributed by atoms with van der Waals surface area (Å²) in [6.07, 6.45) is 2.40. The van der Waals surface area contributed by atoms with Crippen molar-refractivity contribution < 1.29 is 19.1 Å². The van der Waals surface area contributed by atoms with Crippen molar-refractivity contribution >= 4 is 17.6 Å². The average molecular weight is 387 g/mol. The first kappa shape index (κ1) is 20.3. The summed E-state index contributed by atoms with van der Waals surface area (Å²) in [5, 5.41) is 0. The van der Waals surface area contributed by atoms with Crippen LogP contribution in [0.1, 0.15) is 35.7 Å². The Labute approximate surface area is 166 Å². The second-order valence-electron chi connectivity index (χ2n) is 7.50. The molecule has 3 rings (SSSR count). The van der Waals surface area contributed by atoms with Gasteiger partial charge in [0.05, 0.1) is 20.1 Å². The van der Waals surface area contributed by atoms with E-state index in [1.807, 2.05) is 9.80 Å². The lowest BCUT2D eigenvalue weighted by Crippen LogP contribution is -2.51. The number of rotatable bonds is 6. The first-order valence-corrected chi connectivity index (χ1v) is 9.93. The van der Waals surface area contributed by atoms with Gasteiger partial charge in [-0.1, -0.05) is 0 Å². The van der Waals surface area contributed by atoms with E-state index in [9.17, 15) is 14.4 Å². The van der Waals surface area contributed by atoms with Crippen molar-refractivity contribution in [1.29, 1.82) is 0 Å². The van der Waals surface area contributed by atoms with Crippen LogP contribution < -0.4 is 4.74 Å². The molecule has 2 amide bonds. The molecule has 152 valence electrons. The van der Waals surface area contributed by atoms with Crippen molar-refractivity contribution in [1.82, 2.24) is 14.7 Å². The van der Waals surface area contributed by atoms with Gasteiger partial charge in [0.1, 0.15) is 5.75 Å². The molecule has 1 aromatic rings. The minimum atomic E-state index is -0.0346. The third kappa shape index (κ3) is 4.90. The number of Topliss-reactive ketones (excluding diaryl/α,β-unsaturated/α-hetero) is 1. The van der Waals surface area contributed by atoms with Gasteiger partial charge < -0.3 is 14.5 Å².